The molecule has 0 bridgehead atoms. The first-order valence-corrected chi connectivity index (χ1v) is 6.72. The van der Waals surface area contributed by atoms with Gasteiger partial charge in [-0.3, -0.25) is 5.73 Å². The molecular weight excluding hydrogens is 246 g/mol. The van der Waals surface area contributed by atoms with Crippen LogP contribution in [0.4, 0.5) is 5.95 Å². The number of hydrogen-bond acceptors (Lipinski definition) is 1. The van der Waals surface area contributed by atoms with Crippen molar-refractivity contribution in [3.63, 3.8) is 0 Å². The Hall–Kier alpha value is -2.55. The number of nitrogen functional groups attached to an aromatic ring is 1. The van der Waals surface area contributed by atoms with Crippen LogP contribution in [0.1, 0.15) is 5.56 Å². The Kier molecular flexibility index (Phi) is 3.25. The van der Waals surface area contributed by atoms with E-state index in [0.717, 1.165) is 23.5 Å². The zero-order chi connectivity index (χ0) is 13.9. The van der Waals surface area contributed by atoms with Crippen molar-refractivity contribution in [3.8, 4) is 0 Å². The Morgan fingerprint density at radius 1 is 1.05 bits per heavy atom. The first kappa shape index (κ1) is 12.5. The van der Waals surface area contributed by atoms with Gasteiger partial charge in [0.1, 0.15) is 11.0 Å². The van der Waals surface area contributed by atoms with Crippen molar-refractivity contribution in [3.05, 3.63) is 72.8 Å². The number of allylic oxidation sites excluding steroid dienone is 1. The molecule has 0 saturated heterocycles. The summed E-state index contributed by atoms with van der Waals surface area (Å²) < 4.78 is 4.24. The quantitative estimate of drug-likeness (QED) is 0.570. The van der Waals surface area contributed by atoms with Crippen LogP contribution in [-0.2, 0) is 13.1 Å². The van der Waals surface area contributed by atoms with E-state index in [1.807, 2.05) is 24.3 Å². The molecule has 3 heteroatoms. The van der Waals surface area contributed by atoms with Gasteiger partial charge in [-0.15, -0.1) is 0 Å². The molecular formula is C17H18N3+. The summed E-state index contributed by atoms with van der Waals surface area (Å²) in [5.41, 5.74) is 9.86. The van der Waals surface area contributed by atoms with Gasteiger partial charge in [0.2, 0.25) is 0 Å². The van der Waals surface area contributed by atoms with Crippen LogP contribution in [0, 0.1) is 0 Å². The van der Waals surface area contributed by atoms with E-state index >= 15 is 0 Å². The van der Waals surface area contributed by atoms with Gasteiger partial charge >= 0.3 is 5.95 Å². The number of fused-ring (bicyclic) bond motifs is 1. The predicted molar refractivity (Wildman–Crippen MR) is 82.3 cm³/mol. The van der Waals surface area contributed by atoms with Gasteiger partial charge in [0.15, 0.2) is 0 Å². The minimum absolute atomic E-state index is 0.716. The number of rotatable bonds is 4. The van der Waals surface area contributed by atoms with E-state index in [1.54, 1.807) is 0 Å². The van der Waals surface area contributed by atoms with Gasteiger partial charge in [0.05, 0.1) is 13.1 Å². The van der Waals surface area contributed by atoms with E-state index in [0.29, 0.717) is 6.54 Å². The SMILES string of the molecule is C=CCn1c(N)[n+](Cc2ccccc2)c2ccccc21. The summed E-state index contributed by atoms with van der Waals surface area (Å²) in [5, 5.41) is 0. The third-order valence-corrected chi connectivity index (χ3v) is 3.51. The van der Waals surface area contributed by atoms with Crippen molar-refractivity contribution in [2.45, 2.75) is 13.1 Å². The lowest BCUT2D eigenvalue weighted by atomic mass is 10.2. The van der Waals surface area contributed by atoms with Crippen molar-refractivity contribution in [1.29, 1.82) is 0 Å². The van der Waals surface area contributed by atoms with E-state index in [2.05, 4.69) is 52.1 Å². The number of aromatic nitrogens is 2. The second-order valence-electron chi connectivity index (χ2n) is 4.82. The maximum Gasteiger partial charge on any atom is 0.356 e. The highest BCUT2D eigenvalue weighted by atomic mass is 15.2. The average molecular weight is 264 g/mol. The first-order valence-electron chi connectivity index (χ1n) is 6.72. The standard InChI is InChI=1S/C17H17N3/c1-2-12-19-15-10-6-7-11-16(15)20(17(19)18)13-14-8-4-3-5-9-14/h2-11,18H,1,12-13H2/p+1. The molecule has 2 N–H and O–H groups in total. The Morgan fingerprint density at radius 3 is 2.50 bits per heavy atom. The molecule has 0 amide bonds. The lowest BCUT2D eigenvalue weighted by Crippen LogP contribution is -2.37. The molecule has 1 heterocycles. The summed E-state index contributed by atoms with van der Waals surface area (Å²) in [6.45, 7) is 5.30. The lowest BCUT2D eigenvalue weighted by molar-refractivity contribution is -0.648. The third-order valence-electron chi connectivity index (χ3n) is 3.51. The van der Waals surface area contributed by atoms with E-state index in [9.17, 15) is 0 Å². The van der Waals surface area contributed by atoms with Gasteiger partial charge in [-0.05, 0) is 17.7 Å². The van der Waals surface area contributed by atoms with Crippen molar-refractivity contribution < 1.29 is 4.57 Å². The van der Waals surface area contributed by atoms with E-state index < -0.39 is 0 Å². The normalized spacial score (nSPS) is 10.8. The monoisotopic (exact) mass is 264 g/mol. The number of para-hydroxylation sites is 2. The number of imidazole rings is 1. The summed E-state index contributed by atoms with van der Waals surface area (Å²) in [6, 6.07) is 18.6. The summed E-state index contributed by atoms with van der Waals surface area (Å²) in [5.74, 6) is 0.759. The second-order valence-corrected chi connectivity index (χ2v) is 4.82. The number of nitrogens with two attached hydrogens (primary N) is 1. The molecule has 0 unspecified atom stereocenters. The Balaban J connectivity index is 2.15. The highest BCUT2D eigenvalue weighted by molar-refractivity contribution is 5.74. The summed E-state index contributed by atoms with van der Waals surface area (Å²) >= 11 is 0. The van der Waals surface area contributed by atoms with E-state index in [-0.39, 0.29) is 0 Å². The fraction of sp³-hybridized carbons (Fsp3) is 0.118. The summed E-state index contributed by atoms with van der Waals surface area (Å²) in [7, 11) is 0. The maximum atomic E-state index is 6.33. The van der Waals surface area contributed by atoms with Gasteiger partial charge in [-0.1, -0.05) is 55.1 Å². The van der Waals surface area contributed by atoms with Crippen LogP contribution in [0.5, 0.6) is 0 Å². The van der Waals surface area contributed by atoms with Crippen LogP contribution in [0.15, 0.2) is 67.3 Å². The molecule has 3 nitrogen and oxygen atoms in total. The fourth-order valence-corrected chi connectivity index (χ4v) is 2.57. The topological polar surface area (TPSA) is 34.8 Å². The number of hydrogen-bond donors (Lipinski definition) is 1. The lowest BCUT2D eigenvalue weighted by Gasteiger charge is -2.01. The zero-order valence-electron chi connectivity index (χ0n) is 11.4. The van der Waals surface area contributed by atoms with Crippen LogP contribution in [0.3, 0.4) is 0 Å². The van der Waals surface area contributed by atoms with Crippen LogP contribution in [-0.4, -0.2) is 4.57 Å². The molecule has 0 saturated carbocycles. The fourth-order valence-electron chi connectivity index (χ4n) is 2.57. The highest BCUT2D eigenvalue weighted by Gasteiger charge is 2.19. The molecule has 1 aromatic heterocycles. The van der Waals surface area contributed by atoms with Gasteiger partial charge in [-0.2, -0.15) is 0 Å². The predicted octanol–water partition coefficient (Wildman–Crippen LogP) is 2.75. The Morgan fingerprint density at radius 2 is 1.75 bits per heavy atom. The molecule has 0 spiro atoms. The second kappa shape index (κ2) is 5.21. The molecule has 0 atom stereocenters. The number of anilines is 1. The van der Waals surface area contributed by atoms with Crippen molar-refractivity contribution >= 4 is 17.0 Å². The molecule has 0 radical (unpaired) electrons. The van der Waals surface area contributed by atoms with Crippen LogP contribution in [0.25, 0.3) is 11.0 Å². The molecule has 0 aliphatic heterocycles. The van der Waals surface area contributed by atoms with Gasteiger partial charge in [-0.25, -0.2) is 9.13 Å². The Labute approximate surface area is 118 Å². The zero-order valence-corrected chi connectivity index (χ0v) is 11.4. The van der Waals surface area contributed by atoms with Crippen molar-refractivity contribution in [2.24, 2.45) is 0 Å². The molecule has 3 rings (SSSR count). The van der Waals surface area contributed by atoms with Gasteiger partial charge in [0, 0.05) is 0 Å². The van der Waals surface area contributed by atoms with E-state index in [4.69, 9.17) is 5.73 Å². The summed E-state index contributed by atoms with van der Waals surface area (Å²) in [4.78, 5) is 0. The molecule has 0 aliphatic carbocycles. The van der Waals surface area contributed by atoms with Crippen molar-refractivity contribution in [1.82, 2.24) is 4.57 Å². The van der Waals surface area contributed by atoms with Crippen LogP contribution in [0.2, 0.25) is 0 Å². The molecule has 0 aliphatic rings. The molecule has 20 heavy (non-hydrogen) atoms. The van der Waals surface area contributed by atoms with Gasteiger partial charge in [0.25, 0.3) is 0 Å². The van der Waals surface area contributed by atoms with E-state index in [1.165, 1.54) is 5.56 Å². The molecule has 3 aromatic rings. The largest absolute Gasteiger partial charge is 0.356 e. The summed E-state index contributed by atoms with van der Waals surface area (Å²) in [6.07, 6.45) is 1.87. The Bertz CT molecular complexity index is 742. The first-order chi connectivity index (χ1) is 9.81. The minimum Gasteiger partial charge on any atom is -0.290 e. The number of benzene rings is 2. The maximum absolute atomic E-state index is 6.33. The number of nitrogens with zero attached hydrogens (tertiary/aromatic N) is 2. The smallest absolute Gasteiger partial charge is 0.290 e. The van der Waals surface area contributed by atoms with Crippen LogP contribution >= 0.6 is 0 Å². The molecule has 100 valence electrons. The van der Waals surface area contributed by atoms with Crippen LogP contribution < -0.4 is 10.3 Å². The molecule has 2 aromatic carbocycles. The molecule has 0 fully saturated rings. The average Bonchev–Trinajstić information content (AvgIpc) is 2.75. The van der Waals surface area contributed by atoms with Gasteiger partial charge < -0.3 is 0 Å². The third kappa shape index (κ3) is 2.07. The highest BCUT2D eigenvalue weighted by Crippen LogP contribution is 2.16. The van der Waals surface area contributed by atoms with Crippen molar-refractivity contribution in [2.75, 3.05) is 5.73 Å². The minimum atomic E-state index is 0.716.